The van der Waals surface area contributed by atoms with Crippen LogP contribution in [0.4, 0.5) is 5.13 Å². The molecule has 3 rings (SSSR count). The molecule has 6 heteroatoms. The highest BCUT2D eigenvalue weighted by Gasteiger charge is 2.11. The van der Waals surface area contributed by atoms with Gasteiger partial charge in [-0.05, 0) is 12.5 Å². The number of anilines is 1. The SMILES string of the molecule is C[C@H](Sc1ncc2sc(N)nc2n1)c1ccccc1. The first kappa shape index (κ1) is 12.4. The van der Waals surface area contributed by atoms with Gasteiger partial charge in [0.1, 0.15) is 0 Å². The Morgan fingerprint density at radius 2 is 2.00 bits per heavy atom. The van der Waals surface area contributed by atoms with Crippen LogP contribution in [0.3, 0.4) is 0 Å². The fourth-order valence-electron chi connectivity index (χ4n) is 1.75. The summed E-state index contributed by atoms with van der Waals surface area (Å²) >= 11 is 3.03. The maximum Gasteiger partial charge on any atom is 0.190 e. The largest absolute Gasteiger partial charge is 0.375 e. The molecule has 1 aromatic carbocycles. The Morgan fingerprint density at radius 1 is 1.21 bits per heavy atom. The van der Waals surface area contributed by atoms with Crippen LogP contribution >= 0.6 is 23.1 Å². The van der Waals surface area contributed by atoms with E-state index in [1.54, 1.807) is 18.0 Å². The quantitative estimate of drug-likeness (QED) is 0.590. The molecule has 0 spiro atoms. The zero-order valence-electron chi connectivity index (χ0n) is 10.3. The molecule has 0 aliphatic rings. The van der Waals surface area contributed by atoms with Gasteiger partial charge in [0.15, 0.2) is 15.9 Å². The topological polar surface area (TPSA) is 64.7 Å². The Balaban J connectivity index is 1.85. The van der Waals surface area contributed by atoms with Crippen molar-refractivity contribution in [3.63, 3.8) is 0 Å². The van der Waals surface area contributed by atoms with Crippen molar-refractivity contribution in [3.05, 3.63) is 42.1 Å². The molecule has 0 saturated heterocycles. The van der Waals surface area contributed by atoms with Gasteiger partial charge in [0.25, 0.3) is 0 Å². The second-order valence-electron chi connectivity index (χ2n) is 4.06. The number of nitrogens with zero attached hydrogens (tertiary/aromatic N) is 3. The molecule has 4 nitrogen and oxygen atoms in total. The number of thiazole rings is 1. The zero-order valence-corrected chi connectivity index (χ0v) is 11.9. The number of thioether (sulfide) groups is 1. The van der Waals surface area contributed by atoms with Gasteiger partial charge in [-0.2, -0.15) is 0 Å². The molecule has 2 heterocycles. The molecule has 96 valence electrons. The van der Waals surface area contributed by atoms with Gasteiger partial charge in [-0.3, -0.25) is 0 Å². The molecular formula is C13H12N4S2. The highest BCUT2D eigenvalue weighted by Crippen LogP contribution is 2.33. The summed E-state index contributed by atoms with van der Waals surface area (Å²) in [6.45, 7) is 2.14. The van der Waals surface area contributed by atoms with Crippen molar-refractivity contribution in [2.24, 2.45) is 0 Å². The number of rotatable bonds is 3. The molecule has 0 aliphatic carbocycles. The van der Waals surface area contributed by atoms with Gasteiger partial charge in [-0.15, -0.1) is 0 Å². The third-order valence-corrected chi connectivity index (χ3v) is 4.54. The molecule has 0 unspecified atom stereocenters. The summed E-state index contributed by atoms with van der Waals surface area (Å²) in [6, 6.07) is 10.3. The molecule has 3 aromatic rings. The molecule has 2 N–H and O–H groups in total. The number of nitrogens with two attached hydrogens (primary N) is 1. The van der Waals surface area contributed by atoms with Crippen LogP contribution in [0.5, 0.6) is 0 Å². The predicted molar refractivity (Wildman–Crippen MR) is 80.3 cm³/mol. The van der Waals surface area contributed by atoms with Crippen molar-refractivity contribution < 1.29 is 0 Å². The van der Waals surface area contributed by atoms with Crippen molar-refractivity contribution in [1.82, 2.24) is 15.0 Å². The second-order valence-corrected chi connectivity index (χ2v) is 6.43. The van der Waals surface area contributed by atoms with Gasteiger partial charge in [0.2, 0.25) is 0 Å². The predicted octanol–water partition coefficient (Wildman–Crippen LogP) is 3.52. The lowest BCUT2D eigenvalue weighted by molar-refractivity contribution is 0.976. The number of hydrogen-bond acceptors (Lipinski definition) is 6. The molecule has 0 amide bonds. The van der Waals surface area contributed by atoms with E-state index in [0.29, 0.717) is 16.0 Å². The van der Waals surface area contributed by atoms with Crippen LogP contribution in [0.2, 0.25) is 0 Å². The molecule has 0 bridgehead atoms. The Bertz CT molecular complexity index is 696. The van der Waals surface area contributed by atoms with E-state index in [0.717, 1.165) is 9.86 Å². The maximum atomic E-state index is 5.67. The van der Waals surface area contributed by atoms with Crippen LogP contribution in [0.1, 0.15) is 17.7 Å². The highest BCUT2D eigenvalue weighted by molar-refractivity contribution is 7.99. The fraction of sp³-hybridized carbons (Fsp3) is 0.154. The Labute approximate surface area is 119 Å². The molecule has 0 radical (unpaired) electrons. The summed E-state index contributed by atoms with van der Waals surface area (Å²) in [5, 5.41) is 1.56. The van der Waals surface area contributed by atoms with Gasteiger partial charge in [-0.1, -0.05) is 53.4 Å². The Morgan fingerprint density at radius 3 is 2.79 bits per heavy atom. The van der Waals surface area contributed by atoms with Gasteiger partial charge >= 0.3 is 0 Å². The summed E-state index contributed by atoms with van der Waals surface area (Å²) in [4.78, 5) is 13.0. The van der Waals surface area contributed by atoms with E-state index in [-0.39, 0.29) is 0 Å². The smallest absolute Gasteiger partial charge is 0.190 e. The fourth-order valence-corrected chi connectivity index (χ4v) is 3.25. The van der Waals surface area contributed by atoms with Crippen molar-refractivity contribution >= 4 is 38.6 Å². The van der Waals surface area contributed by atoms with E-state index in [1.165, 1.54) is 16.9 Å². The standard InChI is InChI=1S/C13H12N4S2/c1-8(9-5-3-2-4-6-9)18-13-15-7-10-11(17-13)16-12(14)19-10/h2-8H,1H3,(H2,14,15,16,17)/t8-/m0/s1. The van der Waals surface area contributed by atoms with Gasteiger partial charge in [0.05, 0.1) is 10.9 Å². The van der Waals surface area contributed by atoms with Crippen molar-refractivity contribution in [2.75, 3.05) is 5.73 Å². The highest BCUT2D eigenvalue weighted by atomic mass is 32.2. The molecule has 19 heavy (non-hydrogen) atoms. The molecule has 1 atom stereocenters. The first-order chi connectivity index (χ1) is 9.22. The molecule has 0 saturated carbocycles. The third kappa shape index (κ3) is 2.69. The van der Waals surface area contributed by atoms with Crippen molar-refractivity contribution in [3.8, 4) is 0 Å². The van der Waals surface area contributed by atoms with E-state index in [2.05, 4.69) is 34.0 Å². The summed E-state index contributed by atoms with van der Waals surface area (Å²) in [5.41, 5.74) is 7.60. The Kier molecular flexibility index (Phi) is 3.35. The summed E-state index contributed by atoms with van der Waals surface area (Å²) in [5.74, 6) is 0. The van der Waals surface area contributed by atoms with E-state index >= 15 is 0 Å². The zero-order chi connectivity index (χ0) is 13.2. The summed E-state index contributed by atoms with van der Waals surface area (Å²) in [7, 11) is 0. The van der Waals surface area contributed by atoms with Gasteiger partial charge in [0, 0.05) is 5.25 Å². The maximum absolute atomic E-state index is 5.67. The number of nitrogen functional groups attached to an aromatic ring is 1. The van der Waals surface area contributed by atoms with Crippen molar-refractivity contribution in [2.45, 2.75) is 17.3 Å². The second kappa shape index (κ2) is 5.14. The van der Waals surface area contributed by atoms with Gasteiger partial charge in [-0.25, -0.2) is 15.0 Å². The van der Waals surface area contributed by atoms with Crippen LogP contribution in [-0.2, 0) is 0 Å². The van der Waals surface area contributed by atoms with Crippen LogP contribution < -0.4 is 5.73 Å². The number of hydrogen-bond donors (Lipinski definition) is 1. The minimum atomic E-state index is 0.301. The molecule has 0 fully saturated rings. The third-order valence-electron chi connectivity index (χ3n) is 2.70. The summed E-state index contributed by atoms with van der Waals surface area (Å²) < 4.78 is 0.925. The van der Waals surface area contributed by atoms with E-state index in [4.69, 9.17) is 5.73 Å². The first-order valence-electron chi connectivity index (χ1n) is 5.83. The average molecular weight is 288 g/mol. The monoisotopic (exact) mass is 288 g/mol. The lowest BCUT2D eigenvalue weighted by Crippen LogP contribution is -1.92. The number of benzene rings is 1. The van der Waals surface area contributed by atoms with E-state index in [9.17, 15) is 0 Å². The summed E-state index contributed by atoms with van der Waals surface area (Å²) in [6.07, 6.45) is 1.79. The van der Waals surface area contributed by atoms with Crippen LogP contribution in [0.15, 0.2) is 41.7 Å². The average Bonchev–Trinajstić information content (AvgIpc) is 2.79. The molecule has 2 aromatic heterocycles. The first-order valence-corrected chi connectivity index (χ1v) is 7.52. The lowest BCUT2D eigenvalue weighted by atomic mass is 10.2. The number of fused-ring (bicyclic) bond motifs is 1. The minimum absolute atomic E-state index is 0.301. The van der Waals surface area contributed by atoms with E-state index < -0.39 is 0 Å². The van der Waals surface area contributed by atoms with Crippen LogP contribution in [0, 0.1) is 0 Å². The molecule has 0 aliphatic heterocycles. The molecular weight excluding hydrogens is 276 g/mol. The number of aromatic nitrogens is 3. The van der Waals surface area contributed by atoms with E-state index in [1.807, 2.05) is 18.2 Å². The van der Waals surface area contributed by atoms with Gasteiger partial charge < -0.3 is 5.73 Å². The minimum Gasteiger partial charge on any atom is -0.375 e. The Hall–Kier alpha value is -1.66. The van der Waals surface area contributed by atoms with Crippen LogP contribution in [0.25, 0.3) is 10.3 Å². The van der Waals surface area contributed by atoms with Crippen molar-refractivity contribution in [1.29, 1.82) is 0 Å². The lowest BCUT2D eigenvalue weighted by Gasteiger charge is -2.09. The van der Waals surface area contributed by atoms with Crippen LogP contribution in [-0.4, -0.2) is 15.0 Å². The normalized spacial score (nSPS) is 12.7.